The molecular formula is C28H34N4O6. The summed E-state index contributed by atoms with van der Waals surface area (Å²) in [5.41, 5.74) is 4.40. The SMILES string of the molecule is CC(=O)NCC1CN(c2ccc3c(c2)CCN(C(=O)COC(=O)c2ccc(CN(C)C)cc2)CC3)C(=O)O1. The molecule has 10 nitrogen and oxygen atoms in total. The van der Waals surface area contributed by atoms with Crippen LogP contribution in [-0.2, 0) is 38.4 Å². The number of cyclic esters (lactones) is 1. The molecule has 2 aromatic rings. The Hall–Kier alpha value is -3.92. The zero-order valence-electron chi connectivity index (χ0n) is 22.1. The van der Waals surface area contributed by atoms with Crippen LogP contribution in [0.2, 0.25) is 0 Å². The Morgan fingerprint density at radius 3 is 2.45 bits per heavy atom. The van der Waals surface area contributed by atoms with E-state index in [9.17, 15) is 19.2 Å². The molecule has 3 amide bonds. The van der Waals surface area contributed by atoms with Crippen LogP contribution in [-0.4, -0.2) is 86.7 Å². The summed E-state index contributed by atoms with van der Waals surface area (Å²) in [6.45, 7) is 3.51. The highest BCUT2D eigenvalue weighted by Gasteiger charge is 2.33. The third-order valence-corrected chi connectivity index (χ3v) is 6.62. The molecule has 0 aromatic heterocycles. The van der Waals surface area contributed by atoms with Gasteiger partial charge in [0.25, 0.3) is 5.91 Å². The summed E-state index contributed by atoms with van der Waals surface area (Å²) in [4.78, 5) is 54.1. The number of carbonyl (C=O) groups is 4. The first-order valence-corrected chi connectivity index (χ1v) is 12.7. The maximum absolute atomic E-state index is 12.8. The summed E-state index contributed by atoms with van der Waals surface area (Å²) >= 11 is 0. The van der Waals surface area contributed by atoms with Crippen molar-refractivity contribution in [3.63, 3.8) is 0 Å². The smallest absolute Gasteiger partial charge is 0.414 e. The Morgan fingerprint density at radius 2 is 1.76 bits per heavy atom. The van der Waals surface area contributed by atoms with Gasteiger partial charge in [-0.3, -0.25) is 14.5 Å². The van der Waals surface area contributed by atoms with Gasteiger partial charge in [0.15, 0.2) is 6.61 Å². The normalized spacial score (nSPS) is 17.1. The van der Waals surface area contributed by atoms with Gasteiger partial charge in [-0.2, -0.15) is 0 Å². The predicted molar refractivity (Wildman–Crippen MR) is 141 cm³/mol. The van der Waals surface area contributed by atoms with E-state index >= 15 is 0 Å². The van der Waals surface area contributed by atoms with Crippen LogP contribution < -0.4 is 10.2 Å². The summed E-state index contributed by atoms with van der Waals surface area (Å²) in [5.74, 6) is -0.931. The van der Waals surface area contributed by atoms with E-state index in [0.29, 0.717) is 38.0 Å². The highest BCUT2D eigenvalue weighted by atomic mass is 16.6. The number of fused-ring (bicyclic) bond motifs is 1. The van der Waals surface area contributed by atoms with Crippen LogP contribution >= 0.6 is 0 Å². The number of nitrogens with one attached hydrogen (secondary N) is 1. The highest BCUT2D eigenvalue weighted by Crippen LogP contribution is 2.26. The lowest BCUT2D eigenvalue weighted by Gasteiger charge is -2.20. The topological polar surface area (TPSA) is 108 Å². The molecule has 0 radical (unpaired) electrons. The Morgan fingerprint density at radius 1 is 1.05 bits per heavy atom. The van der Waals surface area contributed by atoms with Crippen molar-refractivity contribution in [2.45, 2.75) is 32.4 Å². The van der Waals surface area contributed by atoms with E-state index < -0.39 is 18.2 Å². The van der Waals surface area contributed by atoms with Crippen LogP contribution in [0.25, 0.3) is 0 Å². The zero-order chi connectivity index (χ0) is 27.2. The summed E-state index contributed by atoms with van der Waals surface area (Å²) < 4.78 is 10.7. The quantitative estimate of drug-likeness (QED) is 0.528. The Labute approximate surface area is 222 Å². The van der Waals surface area contributed by atoms with E-state index in [2.05, 4.69) is 5.32 Å². The molecule has 0 aliphatic carbocycles. The van der Waals surface area contributed by atoms with Gasteiger partial charge < -0.3 is 24.6 Å². The lowest BCUT2D eigenvalue weighted by Crippen LogP contribution is -2.36. The first-order chi connectivity index (χ1) is 18.2. The van der Waals surface area contributed by atoms with E-state index in [1.165, 1.54) is 6.92 Å². The average molecular weight is 523 g/mol. The first-order valence-electron chi connectivity index (χ1n) is 12.7. The molecule has 1 unspecified atom stereocenters. The molecule has 2 heterocycles. The van der Waals surface area contributed by atoms with Gasteiger partial charge in [0.2, 0.25) is 5.91 Å². The number of amides is 3. The molecule has 1 N–H and O–H groups in total. The van der Waals surface area contributed by atoms with Gasteiger partial charge in [-0.25, -0.2) is 9.59 Å². The summed E-state index contributed by atoms with van der Waals surface area (Å²) in [6, 6.07) is 13.0. The van der Waals surface area contributed by atoms with Crippen molar-refractivity contribution in [2.75, 3.05) is 51.8 Å². The van der Waals surface area contributed by atoms with Crippen molar-refractivity contribution in [3.05, 3.63) is 64.7 Å². The van der Waals surface area contributed by atoms with Gasteiger partial charge in [0.1, 0.15) is 6.10 Å². The van der Waals surface area contributed by atoms with Crippen molar-refractivity contribution in [1.82, 2.24) is 15.1 Å². The Bertz CT molecular complexity index is 1200. The largest absolute Gasteiger partial charge is 0.452 e. The van der Waals surface area contributed by atoms with Crippen LogP contribution in [0.5, 0.6) is 0 Å². The van der Waals surface area contributed by atoms with E-state index in [1.54, 1.807) is 21.9 Å². The van der Waals surface area contributed by atoms with Gasteiger partial charge in [-0.1, -0.05) is 18.2 Å². The number of esters is 1. The summed E-state index contributed by atoms with van der Waals surface area (Å²) in [7, 11) is 3.95. The minimum absolute atomic E-state index is 0.173. The fourth-order valence-electron chi connectivity index (χ4n) is 4.64. The van der Waals surface area contributed by atoms with Crippen LogP contribution in [0.3, 0.4) is 0 Å². The number of hydrogen-bond donors (Lipinski definition) is 1. The molecule has 1 atom stereocenters. The lowest BCUT2D eigenvalue weighted by atomic mass is 10.0. The van der Waals surface area contributed by atoms with Crippen LogP contribution in [0.1, 0.15) is 34.0 Å². The van der Waals surface area contributed by atoms with Gasteiger partial charge in [0, 0.05) is 32.2 Å². The molecule has 38 heavy (non-hydrogen) atoms. The zero-order valence-corrected chi connectivity index (χ0v) is 22.1. The molecule has 2 aliphatic rings. The van der Waals surface area contributed by atoms with E-state index in [-0.39, 0.29) is 25.0 Å². The molecule has 1 fully saturated rings. The third-order valence-electron chi connectivity index (χ3n) is 6.62. The minimum atomic E-state index is -0.521. The van der Waals surface area contributed by atoms with Crippen LogP contribution in [0.15, 0.2) is 42.5 Å². The predicted octanol–water partition coefficient (Wildman–Crippen LogP) is 1.99. The second-order valence-corrected chi connectivity index (χ2v) is 9.90. The van der Waals surface area contributed by atoms with Crippen molar-refractivity contribution < 1.29 is 28.7 Å². The molecule has 0 bridgehead atoms. The summed E-state index contributed by atoms with van der Waals surface area (Å²) in [5, 5.41) is 2.68. The second kappa shape index (κ2) is 12.1. The molecular weight excluding hydrogens is 488 g/mol. The molecule has 2 aliphatic heterocycles. The van der Waals surface area contributed by atoms with Crippen LogP contribution in [0.4, 0.5) is 10.5 Å². The maximum atomic E-state index is 12.8. The first kappa shape index (κ1) is 27.1. The fourth-order valence-corrected chi connectivity index (χ4v) is 4.64. The number of anilines is 1. The lowest BCUT2D eigenvalue weighted by molar-refractivity contribution is -0.134. The Kier molecular flexibility index (Phi) is 8.62. The van der Waals surface area contributed by atoms with Gasteiger partial charge in [0.05, 0.1) is 18.7 Å². The van der Waals surface area contributed by atoms with Crippen molar-refractivity contribution >= 4 is 29.6 Å². The van der Waals surface area contributed by atoms with Crippen molar-refractivity contribution in [3.8, 4) is 0 Å². The molecule has 10 heteroatoms. The second-order valence-electron chi connectivity index (χ2n) is 9.90. The minimum Gasteiger partial charge on any atom is -0.452 e. The maximum Gasteiger partial charge on any atom is 0.414 e. The number of rotatable bonds is 8. The molecule has 0 saturated carbocycles. The number of nitrogens with zero attached hydrogens (tertiary/aromatic N) is 3. The fraction of sp³-hybridized carbons (Fsp3) is 0.429. The number of ether oxygens (including phenoxy) is 2. The molecule has 2 aromatic carbocycles. The average Bonchev–Trinajstić information content (AvgIpc) is 3.12. The van der Waals surface area contributed by atoms with Crippen molar-refractivity contribution in [2.24, 2.45) is 0 Å². The Balaban J connectivity index is 1.30. The molecule has 202 valence electrons. The number of hydrogen-bond acceptors (Lipinski definition) is 7. The van der Waals surface area contributed by atoms with E-state index in [4.69, 9.17) is 9.47 Å². The molecule has 0 spiro atoms. The summed E-state index contributed by atoms with van der Waals surface area (Å²) in [6.07, 6.45) is 0.434. The number of carbonyl (C=O) groups excluding carboxylic acids is 4. The number of benzene rings is 2. The molecule has 4 rings (SSSR count). The van der Waals surface area contributed by atoms with Crippen LogP contribution in [0, 0.1) is 0 Å². The molecule has 1 saturated heterocycles. The van der Waals surface area contributed by atoms with Gasteiger partial charge in [-0.05, 0) is 67.9 Å². The monoisotopic (exact) mass is 522 g/mol. The van der Waals surface area contributed by atoms with Gasteiger partial charge >= 0.3 is 12.1 Å². The standard InChI is InChI=1S/C28H34N4O6/c1-19(33)29-15-25-17-32(28(36)38-25)24-9-8-21-10-12-31(13-11-23(21)14-24)26(34)18-37-27(35)22-6-4-20(5-7-22)16-30(2)3/h4-9,14,25H,10-13,15-18H2,1-3H3,(H,29,33). The van der Waals surface area contributed by atoms with E-state index in [1.807, 2.05) is 49.3 Å². The van der Waals surface area contributed by atoms with E-state index in [0.717, 1.165) is 28.9 Å². The third kappa shape index (κ3) is 6.89. The highest BCUT2D eigenvalue weighted by molar-refractivity contribution is 5.91. The van der Waals surface area contributed by atoms with Gasteiger partial charge in [-0.15, -0.1) is 0 Å². The van der Waals surface area contributed by atoms with Crippen molar-refractivity contribution in [1.29, 1.82) is 0 Å².